The van der Waals surface area contributed by atoms with Gasteiger partial charge in [-0.1, -0.05) is 18.9 Å². The Morgan fingerprint density at radius 2 is 1.93 bits per heavy atom. The zero-order valence-corrected chi connectivity index (χ0v) is 17.4. The summed E-state index contributed by atoms with van der Waals surface area (Å²) >= 11 is 1.89. The summed E-state index contributed by atoms with van der Waals surface area (Å²) in [6.07, 6.45) is 12.0. The number of likely N-dealkylation sites (N-methyl/N-ethyl adjacent to an activating group) is 1. The number of allylic oxidation sites excluding steroid dienone is 2. The number of halogens is 2. The molecule has 0 aromatic heterocycles. The molecule has 3 atom stereocenters. The maximum Gasteiger partial charge on any atom is 0.303 e. The maximum atomic E-state index is 14.9. The van der Waals surface area contributed by atoms with Gasteiger partial charge < -0.3 is 10.0 Å². The number of benzene rings is 1. The monoisotopic (exact) mass is 419 g/mol. The lowest BCUT2D eigenvalue weighted by Gasteiger charge is -2.33. The predicted molar refractivity (Wildman–Crippen MR) is 113 cm³/mol. The Morgan fingerprint density at radius 1 is 1.24 bits per heavy atom. The van der Waals surface area contributed by atoms with E-state index in [4.69, 9.17) is 5.11 Å². The Hall–Kier alpha value is -1.82. The van der Waals surface area contributed by atoms with Gasteiger partial charge in [-0.05, 0) is 66.9 Å². The Bertz CT molecular complexity index is 824. The zero-order valence-electron chi connectivity index (χ0n) is 16.6. The van der Waals surface area contributed by atoms with Gasteiger partial charge >= 0.3 is 5.97 Å². The largest absolute Gasteiger partial charge is 0.481 e. The highest BCUT2D eigenvalue weighted by molar-refractivity contribution is 8.00. The van der Waals surface area contributed by atoms with Crippen LogP contribution in [-0.4, -0.2) is 33.6 Å². The first kappa shape index (κ1) is 20.5. The number of rotatable bonds is 7. The van der Waals surface area contributed by atoms with Crippen molar-refractivity contribution in [3.63, 3.8) is 0 Å². The quantitative estimate of drug-likeness (QED) is 0.608. The van der Waals surface area contributed by atoms with Gasteiger partial charge in [0.25, 0.3) is 0 Å². The van der Waals surface area contributed by atoms with Crippen molar-refractivity contribution >= 4 is 23.3 Å². The van der Waals surface area contributed by atoms with E-state index in [-0.39, 0.29) is 29.2 Å². The third-order valence-electron chi connectivity index (χ3n) is 6.29. The van der Waals surface area contributed by atoms with E-state index in [1.54, 1.807) is 0 Å². The van der Waals surface area contributed by atoms with Gasteiger partial charge in [0.15, 0.2) is 0 Å². The molecule has 1 aromatic rings. The van der Waals surface area contributed by atoms with Crippen LogP contribution in [0.3, 0.4) is 0 Å². The molecule has 0 bridgehead atoms. The summed E-state index contributed by atoms with van der Waals surface area (Å²) in [4.78, 5) is 12.9. The van der Waals surface area contributed by atoms with Crippen LogP contribution in [0.25, 0.3) is 5.57 Å². The van der Waals surface area contributed by atoms with E-state index in [9.17, 15) is 13.6 Å². The van der Waals surface area contributed by atoms with Crippen molar-refractivity contribution in [1.82, 2.24) is 4.90 Å². The molecule has 3 nitrogen and oxygen atoms in total. The van der Waals surface area contributed by atoms with Crippen LogP contribution in [0.15, 0.2) is 30.5 Å². The predicted octanol–water partition coefficient (Wildman–Crippen LogP) is 5.78. The molecule has 3 aliphatic rings. The number of carboxylic acid groups (broad SMARTS) is 1. The third kappa shape index (κ3) is 4.52. The van der Waals surface area contributed by atoms with E-state index in [0.29, 0.717) is 23.7 Å². The van der Waals surface area contributed by atoms with Crippen LogP contribution in [0.2, 0.25) is 0 Å². The average Bonchev–Trinajstić information content (AvgIpc) is 3.23. The van der Waals surface area contributed by atoms with Crippen LogP contribution < -0.4 is 0 Å². The molecule has 156 valence electrons. The summed E-state index contributed by atoms with van der Waals surface area (Å²) in [6.45, 7) is 0. The van der Waals surface area contributed by atoms with Crippen LogP contribution in [0, 0.1) is 17.6 Å². The van der Waals surface area contributed by atoms with Gasteiger partial charge in [0, 0.05) is 30.5 Å². The van der Waals surface area contributed by atoms with Crippen LogP contribution >= 0.6 is 11.8 Å². The maximum absolute atomic E-state index is 14.9. The summed E-state index contributed by atoms with van der Waals surface area (Å²) in [6, 6.07) is 2.93. The smallest absolute Gasteiger partial charge is 0.303 e. The molecular formula is C23H27F2NO2S. The number of thioether (sulfide) groups is 1. The summed E-state index contributed by atoms with van der Waals surface area (Å²) in [7, 11) is 2.01. The third-order valence-corrected chi connectivity index (χ3v) is 7.99. The normalized spacial score (nSPS) is 26.7. The first-order valence-corrected chi connectivity index (χ1v) is 11.3. The summed E-state index contributed by atoms with van der Waals surface area (Å²) in [5, 5.41) is 9.46. The second kappa shape index (κ2) is 8.50. The molecule has 2 saturated carbocycles. The highest BCUT2D eigenvalue weighted by atomic mass is 32.2. The minimum absolute atomic E-state index is 0.0497. The fourth-order valence-corrected chi connectivity index (χ4v) is 6.21. The average molecular weight is 420 g/mol. The lowest BCUT2D eigenvalue weighted by atomic mass is 9.98. The van der Waals surface area contributed by atoms with Crippen LogP contribution in [-0.2, 0) is 4.79 Å². The number of hydrogen-bond acceptors (Lipinski definition) is 3. The van der Waals surface area contributed by atoms with Crippen LogP contribution in [0.1, 0.15) is 62.0 Å². The lowest BCUT2D eigenvalue weighted by molar-refractivity contribution is -0.137. The number of aliphatic carboxylic acids is 1. The fourth-order valence-electron chi connectivity index (χ4n) is 4.61. The summed E-state index contributed by atoms with van der Waals surface area (Å²) in [5.41, 5.74) is 1.66. The van der Waals surface area contributed by atoms with Gasteiger partial charge in [-0.2, -0.15) is 0 Å². The second-order valence-electron chi connectivity index (χ2n) is 8.41. The molecule has 0 radical (unpaired) electrons. The number of carboxylic acids is 1. The molecular weight excluding hydrogens is 392 g/mol. The molecule has 1 N–H and O–H groups in total. The molecule has 1 heterocycles. The van der Waals surface area contributed by atoms with E-state index in [1.165, 1.54) is 37.8 Å². The number of carbonyl (C=O) groups is 1. The topological polar surface area (TPSA) is 40.5 Å². The van der Waals surface area contributed by atoms with Crippen molar-refractivity contribution in [3.05, 3.63) is 53.2 Å². The fraction of sp³-hybridized carbons (Fsp3) is 0.522. The van der Waals surface area contributed by atoms with E-state index >= 15 is 0 Å². The minimum atomic E-state index is -0.862. The van der Waals surface area contributed by atoms with Crippen molar-refractivity contribution in [1.29, 1.82) is 0 Å². The molecule has 1 aromatic carbocycles. The van der Waals surface area contributed by atoms with Gasteiger partial charge in [-0.15, -0.1) is 11.8 Å². The lowest BCUT2D eigenvalue weighted by Crippen LogP contribution is -2.29. The molecule has 2 aliphatic carbocycles. The molecule has 1 aliphatic heterocycles. The Kier molecular flexibility index (Phi) is 6.00. The minimum Gasteiger partial charge on any atom is -0.481 e. The highest BCUT2D eigenvalue weighted by Crippen LogP contribution is 2.52. The van der Waals surface area contributed by atoms with Crippen molar-refractivity contribution in [2.24, 2.45) is 5.92 Å². The van der Waals surface area contributed by atoms with E-state index in [2.05, 4.69) is 4.90 Å². The van der Waals surface area contributed by atoms with Crippen molar-refractivity contribution < 1.29 is 18.7 Å². The van der Waals surface area contributed by atoms with Gasteiger partial charge in [0.2, 0.25) is 0 Å². The first-order valence-electron chi connectivity index (χ1n) is 10.4. The molecule has 0 spiro atoms. The number of nitrogens with zero attached hydrogens (tertiary/aromatic N) is 1. The standard InChI is InChI=1S/C23H27F2NO2S/c1-26-10-4-7-17(23(26)29-16-5-2-3-6-16)15-12-19(24)22(20(25)13-15)18-11-14(18)8-9-21(27)28/h4,7,10,12-14,16,18,23H,2-3,5-6,8-9,11H2,1H3,(H,27,28). The van der Waals surface area contributed by atoms with E-state index in [1.807, 2.05) is 37.2 Å². The molecule has 3 unspecified atom stereocenters. The van der Waals surface area contributed by atoms with E-state index in [0.717, 1.165) is 5.57 Å². The van der Waals surface area contributed by atoms with Crippen LogP contribution in [0.4, 0.5) is 8.78 Å². The van der Waals surface area contributed by atoms with Gasteiger partial charge in [0.1, 0.15) is 17.0 Å². The molecule has 4 rings (SSSR count). The van der Waals surface area contributed by atoms with Gasteiger partial charge in [0.05, 0.1) is 0 Å². The molecule has 29 heavy (non-hydrogen) atoms. The molecule has 0 amide bonds. The number of hydrogen-bond donors (Lipinski definition) is 1. The molecule has 6 heteroatoms. The SMILES string of the molecule is CN1C=CC=C(c2cc(F)c(C3CC3CCC(=O)O)c(F)c2)C1SC1CCCC1. The second-order valence-corrected chi connectivity index (χ2v) is 9.80. The zero-order chi connectivity index (χ0) is 20.5. The molecule has 0 saturated heterocycles. The van der Waals surface area contributed by atoms with Crippen molar-refractivity contribution in [2.45, 2.75) is 61.5 Å². The summed E-state index contributed by atoms with van der Waals surface area (Å²) < 4.78 is 29.9. The Morgan fingerprint density at radius 3 is 2.59 bits per heavy atom. The van der Waals surface area contributed by atoms with Gasteiger partial charge in [-0.3, -0.25) is 4.79 Å². The van der Waals surface area contributed by atoms with Crippen LogP contribution in [0.5, 0.6) is 0 Å². The first-order chi connectivity index (χ1) is 13.9. The van der Waals surface area contributed by atoms with Gasteiger partial charge in [-0.25, -0.2) is 8.78 Å². The van der Waals surface area contributed by atoms with E-state index < -0.39 is 17.6 Å². The van der Waals surface area contributed by atoms with Crippen molar-refractivity contribution in [3.8, 4) is 0 Å². The Labute approximate surface area is 174 Å². The molecule has 2 fully saturated rings. The van der Waals surface area contributed by atoms with Crippen molar-refractivity contribution in [2.75, 3.05) is 7.05 Å². The Balaban J connectivity index is 1.54. The highest BCUT2D eigenvalue weighted by Gasteiger charge is 2.42. The summed E-state index contributed by atoms with van der Waals surface area (Å²) in [5.74, 6) is -2.01.